The summed E-state index contributed by atoms with van der Waals surface area (Å²) in [5.74, 6) is -0.0964. The third-order valence-corrected chi connectivity index (χ3v) is 9.06. The second kappa shape index (κ2) is 8.63. The number of para-hydroxylation sites is 2. The average molecular weight is 547 g/mol. The standard InChI is InChI=1S/C37H23ClN2O/c38-37-35(39-28-15-7-8-16-29(28)40-37)27-19-17-21-9-1-3-11-23(21)31-25-13-5-6-14-26(25)33-32-24-12-4-2-10-22(24)18-20-30(32)41-36(33)34(27)31/h1-16,18,20,27H,17,19H2. The largest absolute Gasteiger partial charge is 0.456 e. The van der Waals surface area contributed by atoms with Crippen LogP contribution in [0.5, 0.6) is 0 Å². The van der Waals surface area contributed by atoms with Gasteiger partial charge in [-0.05, 0) is 69.3 Å². The molecule has 1 aliphatic rings. The van der Waals surface area contributed by atoms with Crippen molar-refractivity contribution in [3.63, 3.8) is 0 Å². The Balaban J connectivity index is 1.51. The third kappa shape index (κ3) is 3.27. The molecule has 2 heterocycles. The zero-order valence-corrected chi connectivity index (χ0v) is 22.8. The normalized spacial score (nSPS) is 15.0. The molecule has 9 rings (SSSR count). The molecule has 41 heavy (non-hydrogen) atoms. The molecule has 1 unspecified atom stereocenters. The summed E-state index contributed by atoms with van der Waals surface area (Å²) in [6.07, 6.45) is 1.75. The number of benzene rings is 6. The minimum Gasteiger partial charge on any atom is -0.456 e. The van der Waals surface area contributed by atoms with Gasteiger partial charge in [-0.15, -0.1) is 0 Å². The fourth-order valence-corrected chi connectivity index (χ4v) is 7.29. The number of rotatable bonds is 1. The van der Waals surface area contributed by atoms with Crippen LogP contribution in [0, 0.1) is 0 Å². The predicted octanol–water partition coefficient (Wildman–Crippen LogP) is 10.2. The van der Waals surface area contributed by atoms with Crippen molar-refractivity contribution in [3.05, 3.63) is 131 Å². The molecule has 0 fully saturated rings. The molecule has 2 aromatic heterocycles. The molecule has 0 bridgehead atoms. The van der Waals surface area contributed by atoms with Crippen molar-refractivity contribution in [1.29, 1.82) is 0 Å². The first-order chi connectivity index (χ1) is 20.3. The molecule has 0 amide bonds. The minimum absolute atomic E-state index is 0.0964. The summed E-state index contributed by atoms with van der Waals surface area (Å²) in [6.45, 7) is 0. The van der Waals surface area contributed by atoms with Crippen LogP contribution in [0.25, 0.3) is 65.6 Å². The molecule has 0 radical (unpaired) electrons. The van der Waals surface area contributed by atoms with E-state index in [0.717, 1.165) is 57.1 Å². The topological polar surface area (TPSA) is 38.9 Å². The fourth-order valence-electron chi connectivity index (χ4n) is 7.03. The first-order valence-electron chi connectivity index (χ1n) is 14.1. The number of furan rings is 1. The summed E-state index contributed by atoms with van der Waals surface area (Å²) in [5, 5.41) is 7.57. The van der Waals surface area contributed by atoms with Crippen LogP contribution in [-0.2, 0) is 6.42 Å². The van der Waals surface area contributed by atoms with Crippen molar-refractivity contribution in [3.8, 4) is 11.1 Å². The molecule has 0 aliphatic heterocycles. The van der Waals surface area contributed by atoms with Crippen LogP contribution in [0.2, 0.25) is 5.15 Å². The Morgan fingerprint density at radius 1 is 0.659 bits per heavy atom. The van der Waals surface area contributed by atoms with Gasteiger partial charge in [0.2, 0.25) is 0 Å². The summed E-state index contributed by atoms with van der Waals surface area (Å²) < 4.78 is 6.93. The van der Waals surface area contributed by atoms with E-state index in [2.05, 4.69) is 84.9 Å². The van der Waals surface area contributed by atoms with Crippen LogP contribution >= 0.6 is 11.6 Å². The van der Waals surface area contributed by atoms with Gasteiger partial charge >= 0.3 is 0 Å². The van der Waals surface area contributed by atoms with E-state index in [1.54, 1.807) is 0 Å². The number of halogens is 1. The van der Waals surface area contributed by atoms with Gasteiger partial charge in [-0.3, -0.25) is 0 Å². The van der Waals surface area contributed by atoms with E-state index in [1.807, 2.05) is 24.3 Å². The Bertz CT molecular complexity index is 2350. The van der Waals surface area contributed by atoms with E-state index >= 15 is 0 Å². The van der Waals surface area contributed by atoms with Gasteiger partial charge in [-0.1, -0.05) is 103 Å². The molecule has 0 saturated heterocycles. The third-order valence-electron chi connectivity index (χ3n) is 8.78. The molecule has 1 atom stereocenters. The lowest BCUT2D eigenvalue weighted by atomic mass is 9.83. The molecule has 0 saturated carbocycles. The summed E-state index contributed by atoms with van der Waals surface area (Å²) >= 11 is 6.99. The highest BCUT2D eigenvalue weighted by Gasteiger charge is 2.33. The summed E-state index contributed by atoms with van der Waals surface area (Å²) in [7, 11) is 0. The van der Waals surface area contributed by atoms with Gasteiger partial charge in [0.05, 0.1) is 16.7 Å². The fraction of sp³-hybridized carbons (Fsp3) is 0.0811. The lowest BCUT2D eigenvalue weighted by Gasteiger charge is -2.21. The molecular formula is C37H23ClN2O. The van der Waals surface area contributed by atoms with Gasteiger partial charge in [-0.2, -0.15) is 0 Å². The Morgan fingerprint density at radius 3 is 2.24 bits per heavy atom. The van der Waals surface area contributed by atoms with Crippen molar-refractivity contribution >= 4 is 66.1 Å². The Labute approximate surface area is 241 Å². The monoisotopic (exact) mass is 546 g/mol. The lowest BCUT2D eigenvalue weighted by Crippen LogP contribution is -2.08. The minimum atomic E-state index is -0.0964. The van der Waals surface area contributed by atoms with Crippen LogP contribution in [-0.4, -0.2) is 9.97 Å². The van der Waals surface area contributed by atoms with E-state index in [4.69, 9.17) is 26.0 Å². The maximum absolute atomic E-state index is 6.99. The van der Waals surface area contributed by atoms with Crippen LogP contribution in [0.4, 0.5) is 0 Å². The maximum Gasteiger partial charge on any atom is 0.151 e. The lowest BCUT2D eigenvalue weighted by molar-refractivity contribution is 0.644. The highest BCUT2D eigenvalue weighted by atomic mass is 35.5. The van der Waals surface area contributed by atoms with Gasteiger partial charge in [0.25, 0.3) is 0 Å². The second-order valence-corrected chi connectivity index (χ2v) is 11.3. The molecule has 3 nitrogen and oxygen atoms in total. The predicted molar refractivity (Wildman–Crippen MR) is 169 cm³/mol. The van der Waals surface area contributed by atoms with E-state index in [1.165, 1.54) is 38.2 Å². The molecule has 6 aromatic carbocycles. The first kappa shape index (κ1) is 23.0. The number of fused-ring (bicyclic) bond motifs is 13. The SMILES string of the molecule is Clc1nc2ccccc2nc1C1CCc2ccccc2-c2c1c1oc3ccc4ccccc4c3c1c1ccccc21. The number of nitrogens with zero attached hydrogens (tertiary/aromatic N) is 2. The van der Waals surface area contributed by atoms with E-state index in [0.29, 0.717) is 5.15 Å². The van der Waals surface area contributed by atoms with Crippen LogP contribution in [0.15, 0.2) is 114 Å². The number of aromatic nitrogens is 2. The summed E-state index contributed by atoms with van der Waals surface area (Å²) in [4.78, 5) is 9.96. The second-order valence-electron chi connectivity index (χ2n) is 10.9. The molecule has 1 aliphatic carbocycles. The summed E-state index contributed by atoms with van der Waals surface area (Å²) in [5.41, 5.74) is 9.20. The van der Waals surface area contributed by atoms with Gasteiger partial charge in [-0.25, -0.2) is 9.97 Å². The van der Waals surface area contributed by atoms with E-state index < -0.39 is 0 Å². The van der Waals surface area contributed by atoms with Crippen molar-refractivity contribution in [2.45, 2.75) is 18.8 Å². The smallest absolute Gasteiger partial charge is 0.151 e. The Kier molecular flexibility index (Phi) is 4.85. The Morgan fingerprint density at radius 2 is 1.37 bits per heavy atom. The van der Waals surface area contributed by atoms with E-state index in [-0.39, 0.29) is 5.92 Å². The van der Waals surface area contributed by atoms with Crippen LogP contribution in [0.3, 0.4) is 0 Å². The average Bonchev–Trinajstić information content (AvgIpc) is 3.33. The molecule has 0 N–H and O–H groups in total. The Hall–Kier alpha value is -4.73. The van der Waals surface area contributed by atoms with Gasteiger partial charge in [0.15, 0.2) is 5.15 Å². The van der Waals surface area contributed by atoms with Crippen molar-refractivity contribution < 1.29 is 4.42 Å². The molecule has 8 aromatic rings. The van der Waals surface area contributed by atoms with E-state index in [9.17, 15) is 0 Å². The zero-order chi connectivity index (χ0) is 27.1. The molecule has 0 spiro atoms. The van der Waals surface area contributed by atoms with Gasteiger partial charge in [0, 0.05) is 22.3 Å². The highest BCUT2D eigenvalue weighted by Crippen LogP contribution is 2.52. The number of hydrogen-bond donors (Lipinski definition) is 0. The molecule has 194 valence electrons. The van der Waals surface area contributed by atoms with Gasteiger partial charge in [0.1, 0.15) is 11.2 Å². The number of hydrogen-bond acceptors (Lipinski definition) is 3. The highest BCUT2D eigenvalue weighted by molar-refractivity contribution is 6.31. The van der Waals surface area contributed by atoms with Crippen molar-refractivity contribution in [2.24, 2.45) is 0 Å². The van der Waals surface area contributed by atoms with Gasteiger partial charge < -0.3 is 4.42 Å². The van der Waals surface area contributed by atoms with Crippen LogP contribution in [0.1, 0.15) is 29.2 Å². The van der Waals surface area contributed by atoms with Crippen molar-refractivity contribution in [2.75, 3.05) is 0 Å². The number of aryl methyl sites for hydroxylation is 1. The first-order valence-corrected chi connectivity index (χ1v) is 14.4. The molecular weight excluding hydrogens is 524 g/mol. The molecule has 4 heteroatoms. The van der Waals surface area contributed by atoms with Crippen molar-refractivity contribution in [1.82, 2.24) is 9.97 Å². The quantitative estimate of drug-likeness (QED) is 0.205. The maximum atomic E-state index is 6.99. The zero-order valence-electron chi connectivity index (χ0n) is 22.1. The van der Waals surface area contributed by atoms with Crippen LogP contribution < -0.4 is 0 Å². The summed E-state index contributed by atoms with van der Waals surface area (Å²) in [6, 6.07) is 38.3.